The molecule has 0 aromatic heterocycles. The van der Waals surface area contributed by atoms with Gasteiger partial charge in [0.2, 0.25) is 5.91 Å². The highest BCUT2D eigenvalue weighted by Crippen LogP contribution is 2.19. The van der Waals surface area contributed by atoms with Crippen LogP contribution in [0.1, 0.15) is 41.6 Å². The number of amides is 2. The summed E-state index contributed by atoms with van der Waals surface area (Å²) in [4.78, 5) is 28.4. The molecule has 28 heavy (non-hydrogen) atoms. The molecule has 7 heteroatoms. The number of nitrogens with one attached hydrogen (secondary N) is 2. The third-order valence-corrected chi connectivity index (χ3v) is 5.53. The van der Waals surface area contributed by atoms with E-state index in [0.717, 1.165) is 64.0 Å². The highest BCUT2D eigenvalue weighted by Gasteiger charge is 2.24. The molecule has 2 heterocycles. The second-order valence-corrected chi connectivity index (χ2v) is 8.04. The Balaban J connectivity index is 0.00000280. The van der Waals surface area contributed by atoms with Crippen LogP contribution in [0.3, 0.4) is 0 Å². The van der Waals surface area contributed by atoms with Gasteiger partial charge in [0.05, 0.1) is 6.04 Å². The number of rotatable bonds is 6. The zero-order chi connectivity index (χ0) is 19.2. The highest BCUT2D eigenvalue weighted by atomic mass is 35.5. The second kappa shape index (κ2) is 10.8. The van der Waals surface area contributed by atoms with E-state index >= 15 is 0 Å². The second-order valence-electron chi connectivity index (χ2n) is 8.04. The lowest BCUT2D eigenvalue weighted by molar-refractivity contribution is -0.123. The maximum absolute atomic E-state index is 12.2. The molecule has 0 radical (unpaired) electrons. The lowest BCUT2D eigenvalue weighted by Gasteiger charge is -2.33. The Morgan fingerprint density at radius 1 is 1.25 bits per heavy atom. The molecule has 1 aromatic rings. The topological polar surface area (TPSA) is 64.7 Å². The number of piperidine rings is 1. The zero-order valence-corrected chi connectivity index (χ0v) is 17.8. The average molecular weight is 409 g/mol. The molecule has 2 fully saturated rings. The number of carbonyl (C=O) groups is 2. The third-order valence-electron chi connectivity index (χ3n) is 5.53. The van der Waals surface area contributed by atoms with Crippen molar-refractivity contribution in [2.75, 3.05) is 40.3 Å². The minimum Gasteiger partial charge on any atom is -0.354 e. The summed E-state index contributed by atoms with van der Waals surface area (Å²) in [7, 11) is 3.55. The molecule has 0 saturated carbocycles. The molecule has 0 aliphatic carbocycles. The number of hydrogen-bond donors (Lipinski definition) is 2. The first-order chi connectivity index (χ1) is 13.0. The first kappa shape index (κ1) is 22.7. The van der Waals surface area contributed by atoms with E-state index in [1.54, 1.807) is 19.0 Å². The van der Waals surface area contributed by atoms with Gasteiger partial charge in [-0.15, -0.1) is 12.4 Å². The van der Waals surface area contributed by atoms with Crippen molar-refractivity contribution in [3.05, 3.63) is 35.4 Å². The molecule has 2 aliphatic rings. The van der Waals surface area contributed by atoms with Crippen LogP contribution in [0, 0.1) is 5.92 Å². The first-order valence-electron chi connectivity index (χ1n) is 10.1. The molecule has 2 amide bonds. The number of likely N-dealkylation sites (tertiary alicyclic amines) is 1. The van der Waals surface area contributed by atoms with Gasteiger partial charge in [0.25, 0.3) is 5.91 Å². The van der Waals surface area contributed by atoms with Crippen molar-refractivity contribution < 1.29 is 9.59 Å². The van der Waals surface area contributed by atoms with Gasteiger partial charge < -0.3 is 15.5 Å². The molecule has 1 aromatic carbocycles. The van der Waals surface area contributed by atoms with Gasteiger partial charge in [-0.05, 0) is 62.4 Å². The van der Waals surface area contributed by atoms with E-state index in [2.05, 4.69) is 21.6 Å². The van der Waals surface area contributed by atoms with Crippen molar-refractivity contribution in [2.24, 2.45) is 5.92 Å². The van der Waals surface area contributed by atoms with Crippen LogP contribution in [0.4, 0.5) is 0 Å². The molecule has 6 nitrogen and oxygen atoms in total. The van der Waals surface area contributed by atoms with E-state index in [1.807, 2.05) is 18.2 Å². The average Bonchev–Trinajstić information content (AvgIpc) is 3.21. The fourth-order valence-corrected chi connectivity index (χ4v) is 4.06. The Hall–Kier alpha value is -1.63. The molecular formula is C21H33ClN4O2. The van der Waals surface area contributed by atoms with Crippen molar-refractivity contribution in [1.29, 1.82) is 0 Å². The molecule has 2 atom stereocenters. The summed E-state index contributed by atoms with van der Waals surface area (Å²) in [5, 5.41) is 6.39. The summed E-state index contributed by atoms with van der Waals surface area (Å²) in [5.41, 5.74) is 1.91. The fourth-order valence-electron chi connectivity index (χ4n) is 4.06. The summed E-state index contributed by atoms with van der Waals surface area (Å²) < 4.78 is 0. The van der Waals surface area contributed by atoms with Gasteiger partial charge >= 0.3 is 0 Å². The lowest BCUT2D eigenvalue weighted by Crippen LogP contribution is -2.45. The fraction of sp³-hybridized carbons (Fsp3) is 0.619. The molecule has 2 unspecified atom stereocenters. The van der Waals surface area contributed by atoms with E-state index in [4.69, 9.17) is 0 Å². The van der Waals surface area contributed by atoms with Crippen molar-refractivity contribution in [1.82, 2.24) is 20.4 Å². The molecule has 0 bridgehead atoms. The number of benzene rings is 1. The maximum Gasteiger partial charge on any atom is 0.253 e. The molecule has 156 valence electrons. The van der Waals surface area contributed by atoms with E-state index in [0.29, 0.717) is 5.92 Å². The number of halogens is 1. The van der Waals surface area contributed by atoms with Crippen LogP contribution in [0.15, 0.2) is 24.3 Å². The predicted molar refractivity (Wildman–Crippen MR) is 114 cm³/mol. The van der Waals surface area contributed by atoms with Gasteiger partial charge in [-0.2, -0.15) is 0 Å². The molecule has 2 aliphatic heterocycles. The number of hydrogen-bond acceptors (Lipinski definition) is 4. The van der Waals surface area contributed by atoms with Gasteiger partial charge in [-0.25, -0.2) is 0 Å². The summed E-state index contributed by atoms with van der Waals surface area (Å²) >= 11 is 0. The maximum atomic E-state index is 12.2. The van der Waals surface area contributed by atoms with Crippen LogP contribution in [-0.2, 0) is 11.3 Å². The van der Waals surface area contributed by atoms with Crippen molar-refractivity contribution in [3.8, 4) is 0 Å². The van der Waals surface area contributed by atoms with Crippen LogP contribution in [-0.4, -0.2) is 67.9 Å². The van der Waals surface area contributed by atoms with E-state index in [9.17, 15) is 9.59 Å². The quantitative estimate of drug-likeness (QED) is 0.754. The van der Waals surface area contributed by atoms with Crippen LogP contribution in [0.25, 0.3) is 0 Å². The predicted octanol–water partition coefficient (Wildman–Crippen LogP) is 1.89. The van der Waals surface area contributed by atoms with Crippen LogP contribution < -0.4 is 10.6 Å². The third kappa shape index (κ3) is 6.19. The summed E-state index contributed by atoms with van der Waals surface area (Å²) in [5.74, 6) is 0.687. The Morgan fingerprint density at radius 2 is 2.07 bits per heavy atom. The van der Waals surface area contributed by atoms with Gasteiger partial charge in [0, 0.05) is 39.3 Å². The minimum absolute atomic E-state index is 0. The number of carbonyl (C=O) groups excluding carboxylic acids is 2. The molecule has 3 rings (SSSR count). The zero-order valence-electron chi connectivity index (χ0n) is 16.9. The SMILES string of the molecule is CN(C)C(=O)c1cccc(CN2CCCC(CNC(=O)C3CCCN3)C2)c1.Cl. The van der Waals surface area contributed by atoms with E-state index < -0.39 is 0 Å². The van der Waals surface area contributed by atoms with Crippen LogP contribution >= 0.6 is 12.4 Å². The number of nitrogens with zero attached hydrogens (tertiary/aromatic N) is 2. The van der Waals surface area contributed by atoms with Crippen molar-refractivity contribution >= 4 is 24.2 Å². The van der Waals surface area contributed by atoms with Gasteiger partial charge in [0.15, 0.2) is 0 Å². The standard InChI is InChI=1S/C21H32N4O2.ClH/c1-24(2)21(27)18-8-3-6-16(12-18)14-25-11-5-7-17(15-25)13-23-20(26)19-9-4-10-22-19;/h3,6,8,12,17,19,22H,4-5,7,9-11,13-15H2,1-2H3,(H,23,26);1H. The lowest BCUT2D eigenvalue weighted by atomic mass is 9.97. The molecule has 2 saturated heterocycles. The van der Waals surface area contributed by atoms with Crippen LogP contribution in [0.2, 0.25) is 0 Å². The summed E-state index contributed by atoms with van der Waals surface area (Å²) in [6, 6.07) is 7.92. The normalized spacial score (nSPS) is 22.4. The molecule has 2 N–H and O–H groups in total. The first-order valence-corrected chi connectivity index (χ1v) is 10.1. The van der Waals surface area contributed by atoms with Crippen molar-refractivity contribution in [2.45, 2.75) is 38.3 Å². The Labute approximate surface area is 174 Å². The smallest absolute Gasteiger partial charge is 0.253 e. The Bertz CT molecular complexity index is 662. The Kier molecular flexibility index (Phi) is 8.73. The van der Waals surface area contributed by atoms with Gasteiger partial charge in [0.1, 0.15) is 0 Å². The summed E-state index contributed by atoms with van der Waals surface area (Å²) in [6.45, 7) is 4.62. The van der Waals surface area contributed by atoms with Crippen molar-refractivity contribution in [3.63, 3.8) is 0 Å². The van der Waals surface area contributed by atoms with Gasteiger partial charge in [-0.3, -0.25) is 14.5 Å². The monoisotopic (exact) mass is 408 g/mol. The molecular weight excluding hydrogens is 376 g/mol. The van der Waals surface area contributed by atoms with E-state index in [1.165, 1.54) is 5.56 Å². The highest BCUT2D eigenvalue weighted by molar-refractivity contribution is 5.94. The van der Waals surface area contributed by atoms with Gasteiger partial charge in [-0.1, -0.05) is 12.1 Å². The molecule has 0 spiro atoms. The largest absolute Gasteiger partial charge is 0.354 e. The van der Waals surface area contributed by atoms with E-state index in [-0.39, 0.29) is 30.3 Å². The van der Waals surface area contributed by atoms with Crippen LogP contribution in [0.5, 0.6) is 0 Å². The summed E-state index contributed by atoms with van der Waals surface area (Å²) in [6.07, 6.45) is 4.35. The minimum atomic E-state index is 0. The Morgan fingerprint density at radius 3 is 2.79 bits per heavy atom.